The summed E-state index contributed by atoms with van der Waals surface area (Å²) in [6.45, 7) is 6.27. The van der Waals surface area contributed by atoms with Crippen molar-refractivity contribution in [2.75, 3.05) is 0 Å². The van der Waals surface area contributed by atoms with Crippen LogP contribution in [0.15, 0.2) is 36.4 Å². The van der Waals surface area contributed by atoms with Crippen molar-refractivity contribution in [2.45, 2.75) is 39.2 Å². The molecule has 0 spiro atoms. The smallest absolute Gasteiger partial charge is 0.132 e. The minimum absolute atomic E-state index is 0.314. The number of ether oxygens (including phenoxy) is 1. The molecule has 0 atom stereocenters. The van der Waals surface area contributed by atoms with E-state index in [-0.39, 0.29) is 5.60 Å². The maximum atomic E-state index is 10.4. The van der Waals surface area contributed by atoms with Crippen molar-refractivity contribution in [3.05, 3.63) is 47.5 Å². The maximum absolute atomic E-state index is 10.4. The number of phenols is 1. The van der Waals surface area contributed by atoms with Gasteiger partial charge in [0.25, 0.3) is 0 Å². The van der Waals surface area contributed by atoms with Crippen molar-refractivity contribution >= 4 is 0 Å². The minimum Gasteiger partial charge on any atom is -0.507 e. The number of aryl methyl sites for hydroxylation is 1. The highest BCUT2D eigenvalue weighted by Gasteiger charge is 2.33. The summed E-state index contributed by atoms with van der Waals surface area (Å²) in [7, 11) is 0. The van der Waals surface area contributed by atoms with E-state index in [0.717, 1.165) is 40.8 Å². The van der Waals surface area contributed by atoms with Gasteiger partial charge in [-0.15, -0.1) is 0 Å². The van der Waals surface area contributed by atoms with E-state index in [9.17, 15) is 5.11 Å². The molecule has 1 heterocycles. The lowest BCUT2D eigenvalue weighted by Gasteiger charge is -2.35. The van der Waals surface area contributed by atoms with Crippen molar-refractivity contribution in [2.24, 2.45) is 0 Å². The fraction of sp³-hybridized carbons (Fsp3) is 0.333. The Kier molecular flexibility index (Phi) is 2.97. The van der Waals surface area contributed by atoms with Gasteiger partial charge in [0.1, 0.15) is 17.1 Å². The van der Waals surface area contributed by atoms with E-state index in [1.54, 1.807) is 0 Å². The van der Waals surface area contributed by atoms with Crippen LogP contribution in [0.2, 0.25) is 0 Å². The second kappa shape index (κ2) is 4.55. The first kappa shape index (κ1) is 13.0. The SMILES string of the molecule is CCCc1cc(O)c2c(c1)OC(C)(C)c1ccccc1-2. The predicted octanol–water partition coefficient (Wildman–Crippen LogP) is 4.64. The molecule has 0 bridgehead atoms. The molecular formula is C18H20O2. The van der Waals surface area contributed by atoms with Gasteiger partial charge in [-0.05, 0) is 43.5 Å². The van der Waals surface area contributed by atoms with Gasteiger partial charge in [-0.3, -0.25) is 0 Å². The molecule has 104 valence electrons. The molecule has 1 aliphatic rings. The molecular weight excluding hydrogens is 248 g/mol. The summed E-state index contributed by atoms with van der Waals surface area (Å²) in [5.74, 6) is 1.10. The van der Waals surface area contributed by atoms with Crippen LogP contribution >= 0.6 is 0 Å². The van der Waals surface area contributed by atoms with Gasteiger partial charge >= 0.3 is 0 Å². The lowest BCUT2D eigenvalue weighted by Crippen LogP contribution is -2.29. The Morgan fingerprint density at radius 2 is 1.90 bits per heavy atom. The predicted molar refractivity (Wildman–Crippen MR) is 81.2 cm³/mol. The van der Waals surface area contributed by atoms with E-state index >= 15 is 0 Å². The van der Waals surface area contributed by atoms with Gasteiger partial charge in [0.2, 0.25) is 0 Å². The summed E-state index contributed by atoms with van der Waals surface area (Å²) in [5, 5.41) is 10.4. The standard InChI is InChI=1S/C18H20O2/c1-4-7-12-10-15(19)17-13-8-5-6-9-14(13)18(2,3)20-16(17)11-12/h5-6,8-11,19H,4,7H2,1-3H3. The van der Waals surface area contributed by atoms with Gasteiger partial charge in [-0.2, -0.15) is 0 Å². The maximum Gasteiger partial charge on any atom is 0.132 e. The number of fused-ring (bicyclic) bond motifs is 3. The van der Waals surface area contributed by atoms with E-state index in [0.29, 0.717) is 5.75 Å². The summed E-state index contributed by atoms with van der Waals surface area (Å²) >= 11 is 0. The third kappa shape index (κ3) is 1.96. The van der Waals surface area contributed by atoms with E-state index in [2.05, 4.69) is 39.0 Å². The fourth-order valence-corrected chi connectivity index (χ4v) is 3.00. The molecule has 20 heavy (non-hydrogen) atoms. The third-order valence-corrected chi connectivity index (χ3v) is 3.89. The minimum atomic E-state index is -0.374. The van der Waals surface area contributed by atoms with Gasteiger partial charge < -0.3 is 9.84 Å². The Morgan fingerprint density at radius 1 is 1.15 bits per heavy atom. The fourth-order valence-electron chi connectivity index (χ4n) is 3.00. The largest absolute Gasteiger partial charge is 0.507 e. The number of rotatable bonds is 2. The molecule has 0 fully saturated rings. The van der Waals surface area contributed by atoms with Crippen molar-refractivity contribution in [3.8, 4) is 22.6 Å². The summed E-state index contributed by atoms with van der Waals surface area (Å²) < 4.78 is 6.15. The molecule has 3 rings (SSSR count). The molecule has 1 N–H and O–H groups in total. The molecule has 0 saturated heterocycles. The molecule has 0 saturated carbocycles. The average molecular weight is 268 g/mol. The normalized spacial score (nSPS) is 15.2. The van der Waals surface area contributed by atoms with Crippen LogP contribution < -0.4 is 4.74 Å². The number of hydrogen-bond acceptors (Lipinski definition) is 2. The number of benzene rings is 2. The molecule has 2 heteroatoms. The second-order valence-corrected chi connectivity index (χ2v) is 5.90. The zero-order valence-corrected chi connectivity index (χ0v) is 12.2. The molecule has 0 unspecified atom stereocenters. The summed E-state index contributed by atoms with van der Waals surface area (Å²) in [5.41, 5.74) is 3.75. The van der Waals surface area contributed by atoms with Crippen LogP contribution in [0.25, 0.3) is 11.1 Å². The average Bonchev–Trinajstić information content (AvgIpc) is 2.38. The Labute approximate surface area is 120 Å². The van der Waals surface area contributed by atoms with Crippen LogP contribution in [0.1, 0.15) is 38.3 Å². The van der Waals surface area contributed by atoms with Gasteiger partial charge in [-0.25, -0.2) is 0 Å². The lowest BCUT2D eigenvalue weighted by atomic mass is 9.85. The highest BCUT2D eigenvalue weighted by molar-refractivity contribution is 5.81. The first-order chi connectivity index (χ1) is 9.53. The Balaban J connectivity index is 2.24. The summed E-state index contributed by atoms with van der Waals surface area (Å²) in [6.07, 6.45) is 2.00. The molecule has 2 aromatic rings. The first-order valence-electron chi connectivity index (χ1n) is 7.17. The quantitative estimate of drug-likeness (QED) is 0.859. The van der Waals surface area contributed by atoms with Crippen LogP contribution in [0, 0.1) is 0 Å². The molecule has 1 aliphatic heterocycles. The molecule has 2 nitrogen and oxygen atoms in total. The van der Waals surface area contributed by atoms with Crippen molar-refractivity contribution in [3.63, 3.8) is 0 Å². The van der Waals surface area contributed by atoms with E-state index in [1.807, 2.05) is 18.2 Å². The van der Waals surface area contributed by atoms with Crippen molar-refractivity contribution in [1.82, 2.24) is 0 Å². The van der Waals surface area contributed by atoms with E-state index in [1.165, 1.54) is 0 Å². The Hall–Kier alpha value is -1.96. The zero-order valence-electron chi connectivity index (χ0n) is 12.2. The highest BCUT2D eigenvalue weighted by Crippen LogP contribution is 2.49. The molecule has 0 amide bonds. The van der Waals surface area contributed by atoms with Crippen LogP contribution in [0.5, 0.6) is 11.5 Å². The monoisotopic (exact) mass is 268 g/mol. The van der Waals surface area contributed by atoms with Crippen LogP contribution in [-0.4, -0.2) is 5.11 Å². The Morgan fingerprint density at radius 3 is 2.65 bits per heavy atom. The lowest BCUT2D eigenvalue weighted by molar-refractivity contribution is 0.105. The van der Waals surface area contributed by atoms with Gasteiger partial charge in [0, 0.05) is 5.56 Å². The van der Waals surface area contributed by atoms with Crippen molar-refractivity contribution in [1.29, 1.82) is 0 Å². The van der Waals surface area contributed by atoms with Crippen LogP contribution in [-0.2, 0) is 12.0 Å². The van der Waals surface area contributed by atoms with Crippen LogP contribution in [0.3, 0.4) is 0 Å². The number of phenolic OH excluding ortho intramolecular Hbond substituents is 1. The van der Waals surface area contributed by atoms with Gasteiger partial charge in [-0.1, -0.05) is 37.6 Å². The molecule has 0 aromatic heterocycles. The van der Waals surface area contributed by atoms with Crippen molar-refractivity contribution < 1.29 is 9.84 Å². The number of aromatic hydroxyl groups is 1. The van der Waals surface area contributed by atoms with E-state index < -0.39 is 0 Å². The second-order valence-electron chi connectivity index (χ2n) is 5.90. The summed E-state index contributed by atoms with van der Waals surface area (Å²) in [6, 6.07) is 12.1. The molecule has 0 radical (unpaired) electrons. The summed E-state index contributed by atoms with van der Waals surface area (Å²) in [4.78, 5) is 0. The molecule has 2 aromatic carbocycles. The van der Waals surface area contributed by atoms with E-state index in [4.69, 9.17) is 4.74 Å². The van der Waals surface area contributed by atoms with Gasteiger partial charge in [0.05, 0.1) is 5.56 Å². The Bertz CT molecular complexity index is 656. The van der Waals surface area contributed by atoms with Gasteiger partial charge in [0.15, 0.2) is 0 Å². The highest BCUT2D eigenvalue weighted by atomic mass is 16.5. The first-order valence-corrected chi connectivity index (χ1v) is 7.17. The third-order valence-electron chi connectivity index (χ3n) is 3.89. The zero-order chi connectivity index (χ0) is 14.3. The van der Waals surface area contributed by atoms with Crippen LogP contribution in [0.4, 0.5) is 0 Å². The number of hydrogen-bond donors (Lipinski definition) is 1. The molecule has 0 aliphatic carbocycles. The topological polar surface area (TPSA) is 29.5 Å².